The van der Waals surface area contributed by atoms with Crippen molar-refractivity contribution in [2.45, 2.75) is 24.7 Å². The summed E-state index contributed by atoms with van der Waals surface area (Å²) in [6, 6.07) is 15.7. The van der Waals surface area contributed by atoms with Crippen LogP contribution in [0.25, 0.3) is 11.3 Å². The van der Waals surface area contributed by atoms with Crippen molar-refractivity contribution in [1.29, 1.82) is 0 Å². The second-order valence-electron chi connectivity index (χ2n) is 8.24. The fraction of sp³-hybridized carbons (Fsp3) is 0.292. The SMILES string of the molecule is CNc1ncc2c(n1)-c1ccccc1C1(CCN(C(=O)Nc3ccc(Cl)cc3)CC1)C2. The van der Waals surface area contributed by atoms with Crippen molar-refractivity contribution >= 4 is 29.3 Å². The lowest BCUT2D eigenvalue weighted by Crippen LogP contribution is -2.48. The van der Waals surface area contributed by atoms with Crippen LogP contribution in [-0.4, -0.2) is 41.0 Å². The highest BCUT2D eigenvalue weighted by Crippen LogP contribution is 2.47. The summed E-state index contributed by atoms with van der Waals surface area (Å²) in [4.78, 5) is 23.9. The second-order valence-corrected chi connectivity index (χ2v) is 8.68. The molecule has 0 atom stereocenters. The standard InChI is InChI=1S/C24H24ClN5O/c1-26-22-27-15-16-14-24(20-5-3-2-4-19(20)21(16)29-22)10-12-30(13-11-24)23(31)28-18-8-6-17(25)7-9-18/h2-9,15H,10-14H2,1H3,(H,28,31)(H,26,27,29). The third-order valence-electron chi connectivity index (χ3n) is 6.47. The number of rotatable bonds is 2. The third-order valence-corrected chi connectivity index (χ3v) is 6.73. The molecule has 2 aromatic carbocycles. The number of anilines is 2. The van der Waals surface area contributed by atoms with Crippen LogP contribution in [0.15, 0.2) is 54.7 Å². The molecule has 1 aliphatic carbocycles. The van der Waals surface area contributed by atoms with E-state index < -0.39 is 0 Å². The Bertz CT molecular complexity index is 1120. The number of halogens is 1. The maximum absolute atomic E-state index is 12.8. The van der Waals surface area contributed by atoms with Gasteiger partial charge in [-0.1, -0.05) is 35.9 Å². The number of fused-ring (bicyclic) bond motifs is 4. The Labute approximate surface area is 186 Å². The van der Waals surface area contributed by atoms with Gasteiger partial charge in [0, 0.05) is 48.0 Å². The summed E-state index contributed by atoms with van der Waals surface area (Å²) < 4.78 is 0. The summed E-state index contributed by atoms with van der Waals surface area (Å²) in [7, 11) is 1.84. The minimum atomic E-state index is -0.0661. The van der Waals surface area contributed by atoms with Gasteiger partial charge in [-0.15, -0.1) is 0 Å². The van der Waals surface area contributed by atoms with E-state index in [1.807, 2.05) is 30.3 Å². The highest BCUT2D eigenvalue weighted by atomic mass is 35.5. The molecule has 5 rings (SSSR count). The molecule has 1 aliphatic heterocycles. The van der Waals surface area contributed by atoms with Crippen LogP contribution in [0.5, 0.6) is 0 Å². The van der Waals surface area contributed by atoms with Crippen LogP contribution in [0.2, 0.25) is 5.02 Å². The van der Waals surface area contributed by atoms with E-state index in [0.717, 1.165) is 30.6 Å². The van der Waals surface area contributed by atoms with Gasteiger partial charge in [-0.25, -0.2) is 14.8 Å². The van der Waals surface area contributed by atoms with Crippen LogP contribution < -0.4 is 10.6 Å². The van der Waals surface area contributed by atoms with Gasteiger partial charge in [0.15, 0.2) is 0 Å². The summed E-state index contributed by atoms with van der Waals surface area (Å²) in [6.07, 6.45) is 4.66. The average molecular weight is 434 g/mol. The smallest absolute Gasteiger partial charge is 0.321 e. The van der Waals surface area contributed by atoms with Crippen molar-refractivity contribution in [3.8, 4) is 11.3 Å². The third kappa shape index (κ3) is 3.61. The van der Waals surface area contributed by atoms with Gasteiger partial charge in [0.2, 0.25) is 5.95 Å². The Morgan fingerprint density at radius 1 is 1.10 bits per heavy atom. The number of urea groups is 1. The number of likely N-dealkylation sites (tertiary alicyclic amines) is 1. The Morgan fingerprint density at radius 3 is 2.58 bits per heavy atom. The minimum Gasteiger partial charge on any atom is -0.357 e. The van der Waals surface area contributed by atoms with Crippen molar-refractivity contribution in [3.63, 3.8) is 0 Å². The molecule has 2 aliphatic rings. The first kappa shape index (κ1) is 19.8. The van der Waals surface area contributed by atoms with Crippen molar-refractivity contribution in [1.82, 2.24) is 14.9 Å². The average Bonchev–Trinajstić information content (AvgIpc) is 2.81. The predicted octanol–water partition coefficient (Wildman–Crippen LogP) is 4.96. The van der Waals surface area contributed by atoms with Crippen molar-refractivity contribution in [2.75, 3.05) is 30.8 Å². The van der Waals surface area contributed by atoms with Crippen LogP contribution in [0.3, 0.4) is 0 Å². The second kappa shape index (κ2) is 7.85. The zero-order chi connectivity index (χ0) is 21.4. The molecule has 7 heteroatoms. The fourth-order valence-electron chi connectivity index (χ4n) is 4.82. The number of carbonyl (C=O) groups excluding carboxylic acids is 1. The highest BCUT2D eigenvalue weighted by Gasteiger charge is 2.42. The largest absolute Gasteiger partial charge is 0.357 e. The van der Waals surface area contributed by atoms with Crippen molar-refractivity contribution in [2.24, 2.45) is 0 Å². The number of nitrogens with one attached hydrogen (secondary N) is 2. The van der Waals surface area contributed by atoms with E-state index in [4.69, 9.17) is 16.6 Å². The lowest BCUT2D eigenvalue weighted by atomic mass is 9.64. The predicted molar refractivity (Wildman–Crippen MR) is 124 cm³/mol. The van der Waals surface area contributed by atoms with E-state index in [-0.39, 0.29) is 11.4 Å². The highest BCUT2D eigenvalue weighted by molar-refractivity contribution is 6.30. The number of benzene rings is 2. The first-order chi connectivity index (χ1) is 15.1. The molecule has 0 bridgehead atoms. The Morgan fingerprint density at radius 2 is 1.84 bits per heavy atom. The fourth-order valence-corrected chi connectivity index (χ4v) is 4.95. The molecule has 1 fully saturated rings. The number of hydrogen-bond acceptors (Lipinski definition) is 4. The quantitative estimate of drug-likeness (QED) is 0.599. The molecule has 0 radical (unpaired) electrons. The van der Waals surface area contributed by atoms with Crippen LogP contribution in [0, 0.1) is 0 Å². The van der Waals surface area contributed by atoms with E-state index in [1.54, 1.807) is 12.1 Å². The lowest BCUT2D eigenvalue weighted by molar-refractivity contribution is 0.166. The van der Waals surface area contributed by atoms with Gasteiger partial charge >= 0.3 is 6.03 Å². The summed E-state index contributed by atoms with van der Waals surface area (Å²) in [5.74, 6) is 0.637. The number of amides is 2. The topological polar surface area (TPSA) is 70.2 Å². The van der Waals surface area contributed by atoms with Gasteiger partial charge in [-0.05, 0) is 54.7 Å². The van der Waals surface area contributed by atoms with Crippen LogP contribution in [-0.2, 0) is 11.8 Å². The molecule has 2 amide bonds. The van der Waals surface area contributed by atoms with E-state index in [1.165, 1.54) is 16.7 Å². The maximum atomic E-state index is 12.8. The normalized spacial score (nSPS) is 16.4. The van der Waals surface area contributed by atoms with Gasteiger partial charge < -0.3 is 15.5 Å². The van der Waals surface area contributed by atoms with Crippen molar-refractivity contribution < 1.29 is 4.79 Å². The molecule has 3 aromatic rings. The zero-order valence-corrected chi connectivity index (χ0v) is 18.1. The molecular formula is C24H24ClN5O. The summed E-state index contributed by atoms with van der Waals surface area (Å²) >= 11 is 5.94. The van der Waals surface area contributed by atoms with Crippen molar-refractivity contribution in [3.05, 3.63) is 70.9 Å². The monoisotopic (exact) mass is 433 g/mol. The van der Waals surface area contributed by atoms with Crippen LogP contribution in [0.1, 0.15) is 24.0 Å². The molecule has 0 unspecified atom stereocenters. The van der Waals surface area contributed by atoms with Crippen LogP contribution >= 0.6 is 11.6 Å². The molecule has 31 heavy (non-hydrogen) atoms. The van der Waals surface area contributed by atoms with E-state index in [0.29, 0.717) is 24.1 Å². The maximum Gasteiger partial charge on any atom is 0.321 e. The molecular weight excluding hydrogens is 410 g/mol. The molecule has 2 N–H and O–H groups in total. The number of piperidine rings is 1. The Hall–Kier alpha value is -3.12. The first-order valence-corrected chi connectivity index (χ1v) is 10.9. The summed E-state index contributed by atoms with van der Waals surface area (Å²) in [5.41, 5.74) is 5.47. The van der Waals surface area contributed by atoms with E-state index in [2.05, 4.69) is 39.9 Å². The lowest BCUT2D eigenvalue weighted by Gasteiger charge is -2.45. The minimum absolute atomic E-state index is 0.00512. The van der Waals surface area contributed by atoms with Gasteiger partial charge in [-0.2, -0.15) is 0 Å². The first-order valence-electron chi connectivity index (χ1n) is 10.5. The number of hydrogen-bond donors (Lipinski definition) is 2. The van der Waals surface area contributed by atoms with Gasteiger partial charge in [0.05, 0.1) is 5.69 Å². The van der Waals surface area contributed by atoms with Gasteiger partial charge in [0.1, 0.15) is 0 Å². The molecule has 1 spiro atoms. The molecule has 0 saturated carbocycles. The summed E-state index contributed by atoms with van der Waals surface area (Å²) in [5, 5.41) is 6.67. The Balaban J connectivity index is 1.37. The van der Waals surface area contributed by atoms with E-state index >= 15 is 0 Å². The van der Waals surface area contributed by atoms with Gasteiger partial charge in [-0.3, -0.25) is 0 Å². The molecule has 6 nitrogen and oxygen atoms in total. The van der Waals surface area contributed by atoms with Gasteiger partial charge in [0.25, 0.3) is 0 Å². The molecule has 1 aromatic heterocycles. The number of nitrogens with zero attached hydrogens (tertiary/aromatic N) is 3. The Kier molecular flexibility index (Phi) is 5.02. The zero-order valence-electron chi connectivity index (χ0n) is 17.4. The molecule has 158 valence electrons. The summed E-state index contributed by atoms with van der Waals surface area (Å²) in [6.45, 7) is 1.41. The molecule has 1 saturated heterocycles. The molecule has 2 heterocycles. The number of carbonyl (C=O) groups is 1. The van der Waals surface area contributed by atoms with E-state index in [9.17, 15) is 4.79 Å². The number of aromatic nitrogens is 2. The van der Waals surface area contributed by atoms with Crippen LogP contribution in [0.4, 0.5) is 16.4 Å².